The van der Waals surface area contributed by atoms with Crippen LogP contribution in [0, 0.1) is 5.92 Å². The molecule has 0 unspecified atom stereocenters. The zero-order valence-electron chi connectivity index (χ0n) is 10.1. The molecule has 96 valence electrons. The van der Waals surface area contributed by atoms with Crippen molar-refractivity contribution in [3.05, 3.63) is 39.1 Å². The van der Waals surface area contributed by atoms with Gasteiger partial charge in [0, 0.05) is 11.6 Å². The summed E-state index contributed by atoms with van der Waals surface area (Å²) in [4.78, 5) is 4.45. The topological polar surface area (TPSA) is 38.1 Å². The number of rotatable bonds is 5. The Morgan fingerprint density at radius 1 is 1.50 bits per heavy atom. The van der Waals surface area contributed by atoms with Crippen LogP contribution >= 0.6 is 27.3 Å². The molecule has 2 atom stereocenters. The number of nitrogens with one attached hydrogen (secondary N) is 1. The number of aromatic nitrogens is 1. The molecular weight excluding hydrogens is 312 g/mol. The Morgan fingerprint density at radius 2 is 2.33 bits per heavy atom. The number of hydrogen-bond acceptors (Lipinski definition) is 4. The first-order valence-corrected chi connectivity index (χ1v) is 7.82. The lowest BCUT2D eigenvalue weighted by Crippen LogP contribution is -2.25. The van der Waals surface area contributed by atoms with Crippen LogP contribution in [0.5, 0.6) is 0 Å². The fourth-order valence-electron chi connectivity index (χ4n) is 2.14. The molecule has 3 nitrogen and oxygen atoms in total. The molecule has 5 heteroatoms. The monoisotopic (exact) mass is 326 g/mol. The maximum absolute atomic E-state index is 5.60. The molecule has 0 bridgehead atoms. The van der Waals surface area contributed by atoms with Crippen molar-refractivity contribution in [2.45, 2.75) is 31.8 Å². The van der Waals surface area contributed by atoms with Crippen molar-refractivity contribution in [3.8, 4) is 0 Å². The van der Waals surface area contributed by atoms with Crippen LogP contribution in [0.2, 0.25) is 0 Å². The van der Waals surface area contributed by atoms with Crippen molar-refractivity contribution in [1.82, 2.24) is 10.3 Å². The van der Waals surface area contributed by atoms with E-state index < -0.39 is 0 Å². The predicted molar refractivity (Wildman–Crippen MR) is 75.5 cm³/mol. The molecule has 1 aliphatic carbocycles. The number of thiazole rings is 1. The summed E-state index contributed by atoms with van der Waals surface area (Å²) in [5, 5.41) is 6.88. The second kappa shape index (κ2) is 5.15. The van der Waals surface area contributed by atoms with Crippen molar-refractivity contribution < 1.29 is 4.42 Å². The molecule has 0 saturated heterocycles. The highest BCUT2D eigenvalue weighted by Gasteiger charge is 2.35. The summed E-state index contributed by atoms with van der Waals surface area (Å²) < 4.78 is 6.38. The Morgan fingerprint density at radius 3 is 2.89 bits per heavy atom. The minimum absolute atomic E-state index is 0.200. The van der Waals surface area contributed by atoms with Crippen LogP contribution in [0.25, 0.3) is 0 Å². The fourth-order valence-corrected chi connectivity index (χ4v) is 3.25. The molecule has 0 aliphatic heterocycles. The van der Waals surface area contributed by atoms with Gasteiger partial charge in [-0.1, -0.05) is 0 Å². The summed E-state index contributed by atoms with van der Waals surface area (Å²) in [7, 11) is 0. The fraction of sp³-hybridized carbons (Fsp3) is 0.462. The van der Waals surface area contributed by atoms with Gasteiger partial charge in [-0.25, -0.2) is 4.98 Å². The van der Waals surface area contributed by atoms with Gasteiger partial charge in [0.15, 0.2) is 4.67 Å². The number of nitrogens with zero attached hydrogens (tertiary/aromatic N) is 1. The molecule has 0 aromatic carbocycles. The summed E-state index contributed by atoms with van der Waals surface area (Å²) in [6.07, 6.45) is 4.48. The van der Waals surface area contributed by atoms with Crippen molar-refractivity contribution in [3.63, 3.8) is 0 Å². The maximum atomic E-state index is 5.60. The van der Waals surface area contributed by atoms with E-state index in [0.717, 1.165) is 16.3 Å². The molecule has 2 aromatic heterocycles. The third-order valence-corrected chi connectivity index (χ3v) is 4.55. The van der Waals surface area contributed by atoms with Crippen LogP contribution < -0.4 is 5.32 Å². The Kier molecular flexibility index (Phi) is 3.54. The van der Waals surface area contributed by atoms with Crippen molar-refractivity contribution in [1.29, 1.82) is 0 Å². The Labute approximate surface area is 119 Å². The molecule has 1 N–H and O–H groups in total. The van der Waals surface area contributed by atoms with Gasteiger partial charge >= 0.3 is 0 Å². The highest BCUT2D eigenvalue weighted by Crippen LogP contribution is 2.42. The Hall–Kier alpha value is -0.650. The van der Waals surface area contributed by atoms with E-state index in [-0.39, 0.29) is 6.04 Å². The molecular formula is C13H15BrN2OS. The third-order valence-electron chi connectivity index (χ3n) is 3.26. The van der Waals surface area contributed by atoms with E-state index in [9.17, 15) is 0 Å². The van der Waals surface area contributed by atoms with Gasteiger partial charge in [-0.05, 0) is 53.7 Å². The van der Waals surface area contributed by atoms with Gasteiger partial charge in [0.25, 0.3) is 0 Å². The highest BCUT2D eigenvalue weighted by atomic mass is 79.9. The zero-order valence-corrected chi connectivity index (χ0v) is 12.5. The molecule has 2 heterocycles. The van der Waals surface area contributed by atoms with Crippen LogP contribution in [0.15, 0.2) is 32.8 Å². The average Bonchev–Trinajstić information content (AvgIpc) is 2.88. The number of furan rings is 1. The first-order chi connectivity index (χ1) is 8.74. The molecule has 1 saturated carbocycles. The molecule has 2 aromatic rings. The molecule has 18 heavy (non-hydrogen) atoms. The van der Waals surface area contributed by atoms with Crippen LogP contribution in [0.4, 0.5) is 0 Å². The van der Waals surface area contributed by atoms with E-state index >= 15 is 0 Å². The van der Waals surface area contributed by atoms with Crippen LogP contribution in [0.1, 0.15) is 42.6 Å². The lowest BCUT2D eigenvalue weighted by molar-refractivity contribution is 0.365. The van der Waals surface area contributed by atoms with Gasteiger partial charge in [0.2, 0.25) is 0 Å². The summed E-state index contributed by atoms with van der Waals surface area (Å²) >= 11 is 5.07. The van der Waals surface area contributed by atoms with Crippen LogP contribution in [0.3, 0.4) is 0 Å². The first kappa shape index (κ1) is 12.4. The largest absolute Gasteiger partial charge is 0.453 e. The average molecular weight is 327 g/mol. The lowest BCUT2D eigenvalue weighted by Gasteiger charge is -2.20. The van der Waals surface area contributed by atoms with Crippen molar-refractivity contribution in [2.24, 2.45) is 5.92 Å². The summed E-state index contributed by atoms with van der Waals surface area (Å²) in [5.74, 6) is 1.70. The van der Waals surface area contributed by atoms with Gasteiger partial charge in [0.05, 0.1) is 12.1 Å². The SMILES string of the molecule is C[C@@H](N[C@H](c1nccs1)C1CC1)c1ccc(Br)o1. The molecule has 1 aliphatic rings. The normalized spacial score (nSPS) is 18.8. The standard InChI is InChI=1S/C13H15BrN2OS/c1-8(10-4-5-11(14)17-10)16-12(9-2-3-9)13-15-6-7-18-13/h4-9,12,16H,2-3H2,1H3/t8-,12+/m1/s1. The minimum atomic E-state index is 0.200. The van der Waals surface area contributed by atoms with E-state index in [1.54, 1.807) is 11.3 Å². The van der Waals surface area contributed by atoms with E-state index in [2.05, 4.69) is 33.2 Å². The van der Waals surface area contributed by atoms with Gasteiger partial charge in [0.1, 0.15) is 10.8 Å². The van der Waals surface area contributed by atoms with Crippen molar-refractivity contribution >= 4 is 27.3 Å². The molecule has 0 spiro atoms. The van der Waals surface area contributed by atoms with E-state index in [1.807, 2.05) is 23.7 Å². The van der Waals surface area contributed by atoms with Crippen LogP contribution in [-0.4, -0.2) is 4.98 Å². The molecule has 0 radical (unpaired) electrons. The van der Waals surface area contributed by atoms with Gasteiger partial charge in [-0.3, -0.25) is 5.32 Å². The molecule has 3 rings (SSSR count). The van der Waals surface area contributed by atoms with Gasteiger partial charge in [-0.2, -0.15) is 0 Å². The van der Waals surface area contributed by atoms with Gasteiger partial charge < -0.3 is 4.42 Å². The predicted octanol–water partition coefficient (Wildman–Crippen LogP) is 4.30. The smallest absolute Gasteiger partial charge is 0.169 e. The quantitative estimate of drug-likeness (QED) is 0.890. The number of hydrogen-bond donors (Lipinski definition) is 1. The maximum Gasteiger partial charge on any atom is 0.169 e. The van der Waals surface area contributed by atoms with Crippen molar-refractivity contribution in [2.75, 3.05) is 0 Å². The second-order valence-electron chi connectivity index (χ2n) is 4.72. The molecule has 0 amide bonds. The molecule has 1 fully saturated rings. The summed E-state index contributed by atoms with van der Waals surface area (Å²) in [6, 6.07) is 4.51. The zero-order chi connectivity index (χ0) is 12.5. The Bertz CT molecular complexity index is 507. The number of halogens is 1. The van der Waals surface area contributed by atoms with E-state index in [4.69, 9.17) is 4.42 Å². The van der Waals surface area contributed by atoms with E-state index in [0.29, 0.717) is 6.04 Å². The second-order valence-corrected chi connectivity index (χ2v) is 6.42. The minimum Gasteiger partial charge on any atom is -0.453 e. The highest BCUT2D eigenvalue weighted by molar-refractivity contribution is 9.10. The Balaban J connectivity index is 1.73. The first-order valence-electron chi connectivity index (χ1n) is 6.14. The van der Waals surface area contributed by atoms with Gasteiger partial charge in [-0.15, -0.1) is 11.3 Å². The van der Waals surface area contributed by atoms with Crippen LogP contribution in [-0.2, 0) is 0 Å². The van der Waals surface area contributed by atoms with E-state index in [1.165, 1.54) is 17.8 Å². The summed E-state index contributed by atoms with van der Waals surface area (Å²) in [6.45, 7) is 2.13. The third kappa shape index (κ3) is 2.68. The lowest BCUT2D eigenvalue weighted by atomic mass is 10.1. The summed E-state index contributed by atoms with van der Waals surface area (Å²) in [5.41, 5.74) is 0.